The van der Waals surface area contributed by atoms with Crippen LogP contribution in [-0.2, 0) is 4.79 Å². The number of carbonyl (C=O) groups is 1. The summed E-state index contributed by atoms with van der Waals surface area (Å²) < 4.78 is 0. The van der Waals surface area contributed by atoms with Crippen molar-refractivity contribution in [3.8, 4) is 0 Å². The van der Waals surface area contributed by atoms with Gasteiger partial charge >= 0.3 is 0 Å². The van der Waals surface area contributed by atoms with Crippen molar-refractivity contribution in [3.05, 3.63) is 0 Å². The third-order valence-corrected chi connectivity index (χ3v) is 5.44. The van der Waals surface area contributed by atoms with E-state index in [0.717, 1.165) is 18.9 Å². The van der Waals surface area contributed by atoms with Crippen LogP contribution in [0, 0.1) is 23.7 Å². The van der Waals surface area contributed by atoms with Crippen molar-refractivity contribution in [2.75, 3.05) is 13.6 Å². The van der Waals surface area contributed by atoms with Gasteiger partial charge in [-0.2, -0.15) is 0 Å². The summed E-state index contributed by atoms with van der Waals surface area (Å²) in [6.45, 7) is 7.85. The summed E-state index contributed by atoms with van der Waals surface area (Å²) in [6.07, 6.45) is 7.44. The SMILES string of the molecule is CC1CC(=O)C(CN(C)C2CCCC(C)C2)C(C)C1. The van der Waals surface area contributed by atoms with Crippen LogP contribution in [0.3, 0.4) is 0 Å². The van der Waals surface area contributed by atoms with Crippen LogP contribution >= 0.6 is 0 Å². The number of Topliss-reactive ketones (excluding diaryl/α,β-unsaturated/α-hetero) is 1. The van der Waals surface area contributed by atoms with Gasteiger partial charge in [0.05, 0.1) is 0 Å². The smallest absolute Gasteiger partial charge is 0.137 e. The van der Waals surface area contributed by atoms with E-state index >= 15 is 0 Å². The molecule has 0 spiro atoms. The van der Waals surface area contributed by atoms with Crippen molar-refractivity contribution >= 4 is 5.78 Å². The Morgan fingerprint density at radius 2 is 1.84 bits per heavy atom. The molecule has 0 aromatic heterocycles. The van der Waals surface area contributed by atoms with E-state index in [9.17, 15) is 4.79 Å². The Morgan fingerprint density at radius 3 is 2.47 bits per heavy atom. The van der Waals surface area contributed by atoms with Gasteiger partial charge in [0, 0.05) is 24.9 Å². The summed E-state index contributed by atoms with van der Waals surface area (Å²) in [6, 6.07) is 0.711. The first-order valence-corrected chi connectivity index (χ1v) is 8.20. The molecule has 0 bridgehead atoms. The second-order valence-electron chi connectivity index (χ2n) is 7.46. The van der Waals surface area contributed by atoms with Gasteiger partial charge in [-0.05, 0) is 44.1 Å². The van der Waals surface area contributed by atoms with Crippen molar-refractivity contribution in [2.45, 2.75) is 65.3 Å². The molecule has 0 radical (unpaired) electrons. The fraction of sp³-hybridized carbons (Fsp3) is 0.941. The molecule has 110 valence electrons. The van der Waals surface area contributed by atoms with Crippen LogP contribution in [0.25, 0.3) is 0 Å². The average molecular weight is 265 g/mol. The molecule has 5 unspecified atom stereocenters. The van der Waals surface area contributed by atoms with E-state index in [4.69, 9.17) is 0 Å². The monoisotopic (exact) mass is 265 g/mol. The lowest BCUT2D eigenvalue weighted by atomic mass is 9.74. The third kappa shape index (κ3) is 3.81. The molecule has 0 amide bonds. The molecule has 2 saturated carbocycles. The predicted octanol–water partition coefficient (Wildman–Crippen LogP) is 3.75. The van der Waals surface area contributed by atoms with Gasteiger partial charge in [0.25, 0.3) is 0 Å². The number of nitrogens with zero attached hydrogens (tertiary/aromatic N) is 1. The highest BCUT2D eigenvalue weighted by Crippen LogP contribution is 2.33. The maximum atomic E-state index is 12.3. The summed E-state index contributed by atoms with van der Waals surface area (Å²) in [5, 5.41) is 0. The molecular weight excluding hydrogens is 234 g/mol. The fourth-order valence-corrected chi connectivity index (χ4v) is 4.24. The minimum atomic E-state index is 0.290. The first-order chi connectivity index (χ1) is 8.97. The molecule has 2 aliphatic carbocycles. The molecule has 0 aliphatic heterocycles. The highest BCUT2D eigenvalue weighted by atomic mass is 16.1. The van der Waals surface area contributed by atoms with Gasteiger partial charge in [-0.3, -0.25) is 4.79 Å². The van der Waals surface area contributed by atoms with E-state index in [2.05, 4.69) is 32.7 Å². The zero-order chi connectivity index (χ0) is 14.0. The summed E-state index contributed by atoms with van der Waals surface area (Å²) in [4.78, 5) is 14.8. The summed E-state index contributed by atoms with van der Waals surface area (Å²) in [7, 11) is 2.24. The summed E-state index contributed by atoms with van der Waals surface area (Å²) in [5.74, 6) is 2.83. The molecule has 2 fully saturated rings. The minimum absolute atomic E-state index is 0.290. The van der Waals surface area contributed by atoms with Gasteiger partial charge < -0.3 is 4.90 Å². The molecule has 19 heavy (non-hydrogen) atoms. The van der Waals surface area contributed by atoms with Gasteiger partial charge in [0.15, 0.2) is 0 Å². The van der Waals surface area contributed by atoms with E-state index in [-0.39, 0.29) is 0 Å². The van der Waals surface area contributed by atoms with Gasteiger partial charge in [-0.25, -0.2) is 0 Å². The van der Waals surface area contributed by atoms with Crippen LogP contribution < -0.4 is 0 Å². The molecule has 2 aliphatic rings. The fourth-order valence-electron chi connectivity index (χ4n) is 4.24. The maximum Gasteiger partial charge on any atom is 0.137 e. The number of hydrogen-bond donors (Lipinski definition) is 0. The van der Waals surface area contributed by atoms with Crippen LogP contribution in [0.4, 0.5) is 0 Å². The lowest BCUT2D eigenvalue weighted by Crippen LogP contribution is -2.44. The van der Waals surface area contributed by atoms with E-state index in [1.165, 1.54) is 32.1 Å². The van der Waals surface area contributed by atoms with Crippen molar-refractivity contribution < 1.29 is 4.79 Å². The molecule has 0 aromatic rings. The molecule has 0 saturated heterocycles. The van der Waals surface area contributed by atoms with Crippen molar-refractivity contribution in [3.63, 3.8) is 0 Å². The quantitative estimate of drug-likeness (QED) is 0.774. The Labute approximate surface area is 118 Å². The lowest BCUT2D eigenvalue weighted by molar-refractivity contribution is -0.128. The topological polar surface area (TPSA) is 20.3 Å². The van der Waals surface area contributed by atoms with Crippen LogP contribution in [0.5, 0.6) is 0 Å². The highest BCUT2D eigenvalue weighted by molar-refractivity contribution is 5.82. The van der Waals surface area contributed by atoms with Crippen LogP contribution in [-0.4, -0.2) is 30.3 Å². The second kappa shape index (κ2) is 6.39. The Hall–Kier alpha value is -0.370. The third-order valence-electron chi connectivity index (χ3n) is 5.44. The molecule has 2 nitrogen and oxygen atoms in total. The molecule has 5 atom stereocenters. The Morgan fingerprint density at radius 1 is 1.11 bits per heavy atom. The first kappa shape index (κ1) is 15.0. The molecule has 2 rings (SSSR count). The summed E-state index contributed by atoms with van der Waals surface area (Å²) >= 11 is 0. The first-order valence-electron chi connectivity index (χ1n) is 8.20. The number of rotatable bonds is 3. The van der Waals surface area contributed by atoms with E-state index in [0.29, 0.717) is 29.6 Å². The zero-order valence-electron chi connectivity index (χ0n) is 13.2. The standard InChI is InChI=1S/C17H31NO/c1-12-6-5-7-15(9-12)18(4)11-16-14(3)8-13(2)10-17(16)19/h12-16H,5-11H2,1-4H3. The zero-order valence-corrected chi connectivity index (χ0v) is 13.2. The van der Waals surface area contributed by atoms with Crippen molar-refractivity contribution in [1.29, 1.82) is 0 Å². The van der Waals surface area contributed by atoms with E-state index in [1.54, 1.807) is 0 Å². The van der Waals surface area contributed by atoms with Crippen molar-refractivity contribution in [2.24, 2.45) is 23.7 Å². The highest BCUT2D eigenvalue weighted by Gasteiger charge is 2.34. The van der Waals surface area contributed by atoms with Gasteiger partial charge in [-0.1, -0.05) is 33.6 Å². The van der Waals surface area contributed by atoms with Crippen LogP contribution in [0.1, 0.15) is 59.3 Å². The molecule has 0 heterocycles. The minimum Gasteiger partial charge on any atom is -0.303 e. The van der Waals surface area contributed by atoms with Gasteiger partial charge in [0.1, 0.15) is 5.78 Å². The van der Waals surface area contributed by atoms with E-state index < -0.39 is 0 Å². The Kier molecular flexibility index (Phi) is 5.05. The predicted molar refractivity (Wildman–Crippen MR) is 80.1 cm³/mol. The normalized spacial score (nSPS) is 40.7. The average Bonchev–Trinajstić information content (AvgIpc) is 2.33. The number of hydrogen-bond acceptors (Lipinski definition) is 2. The van der Waals surface area contributed by atoms with Crippen LogP contribution in [0.15, 0.2) is 0 Å². The summed E-state index contributed by atoms with van der Waals surface area (Å²) in [5.41, 5.74) is 0. The second-order valence-corrected chi connectivity index (χ2v) is 7.46. The maximum absolute atomic E-state index is 12.3. The molecule has 2 heteroatoms. The lowest BCUT2D eigenvalue weighted by Gasteiger charge is -2.39. The Balaban J connectivity index is 1.90. The number of ketones is 1. The van der Waals surface area contributed by atoms with Crippen molar-refractivity contribution in [1.82, 2.24) is 4.90 Å². The Bertz CT molecular complexity index is 314. The molecular formula is C17H31NO. The van der Waals surface area contributed by atoms with Gasteiger partial charge in [-0.15, -0.1) is 0 Å². The van der Waals surface area contributed by atoms with E-state index in [1.807, 2.05) is 0 Å². The van der Waals surface area contributed by atoms with Gasteiger partial charge in [0.2, 0.25) is 0 Å². The largest absolute Gasteiger partial charge is 0.303 e. The molecule has 0 N–H and O–H groups in total. The molecule has 0 aromatic carbocycles. The van der Waals surface area contributed by atoms with Crippen LogP contribution in [0.2, 0.25) is 0 Å². The number of carbonyl (C=O) groups excluding carboxylic acids is 1.